The number of aromatic nitrogens is 1. The third kappa shape index (κ3) is 3.45. The van der Waals surface area contributed by atoms with Gasteiger partial charge in [-0.1, -0.05) is 38.1 Å². The second-order valence-corrected chi connectivity index (χ2v) is 6.24. The number of carbonyl (C=O) groups excluding carboxylic acids is 1. The minimum atomic E-state index is -0.138. The lowest BCUT2D eigenvalue weighted by atomic mass is 10.1. The molecular weight excluding hydrogens is 278 g/mol. The molecule has 114 valence electrons. The average molecular weight is 297 g/mol. The molecule has 0 N–H and O–H groups in total. The van der Waals surface area contributed by atoms with Crippen LogP contribution in [0.1, 0.15) is 26.0 Å². The second-order valence-electron chi connectivity index (χ2n) is 6.24. The van der Waals surface area contributed by atoms with Gasteiger partial charge in [-0.3, -0.25) is 4.79 Å². The van der Waals surface area contributed by atoms with Gasteiger partial charge in [0.2, 0.25) is 5.88 Å². The minimum absolute atomic E-state index is 0.0243. The molecule has 1 aliphatic carbocycles. The quantitative estimate of drug-likeness (QED) is 0.784. The first-order chi connectivity index (χ1) is 10.5. The monoisotopic (exact) mass is 297 g/mol. The highest BCUT2D eigenvalue weighted by atomic mass is 16.5. The maximum atomic E-state index is 11.9. The molecule has 0 saturated heterocycles. The zero-order chi connectivity index (χ0) is 15.6. The summed E-state index contributed by atoms with van der Waals surface area (Å²) in [6.45, 7) is 4.33. The van der Waals surface area contributed by atoms with Crippen molar-refractivity contribution in [2.45, 2.75) is 26.9 Å². The summed E-state index contributed by atoms with van der Waals surface area (Å²) < 4.78 is 11.0. The SMILES string of the molecule is CC1(C)CC1C(=O)OCc1cccc(Oc2ccccc2)n1. The van der Waals surface area contributed by atoms with Crippen LogP contribution < -0.4 is 4.74 Å². The fraction of sp³-hybridized carbons (Fsp3) is 0.333. The first-order valence-corrected chi connectivity index (χ1v) is 7.40. The number of hydrogen-bond acceptors (Lipinski definition) is 4. The van der Waals surface area contributed by atoms with Crippen LogP contribution in [0.4, 0.5) is 0 Å². The molecule has 1 atom stereocenters. The van der Waals surface area contributed by atoms with Gasteiger partial charge in [0, 0.05) is 6.07 Å². The van der Waals surface area contributed by atoms with Gasteiger partial charge >= 0.3 is 5.97 Å². The third-order valence-corrected chi connectivity index (χ3v) is 3.91. The number of nitrogens with zero attached hydrogens (tertiary/aromatic N) is 1. The molecule has 1 aromatic heterocycles. The zero-order valence-corrected chi connectivity index (χ0v) is 12.8. The summed E-state index contributed by atoms with van der Waals surface area (Å²) in [5.74, 6) is 1.10. The number of benzene rings is 1. The third-order valence-electron chi connectivity index (χ3n) is 3.91. The number of ether oxygens (including phenoxy) is 2. The summed E-state index contributed by atoms with van der Waals surface area (Å²) in [5, 5.41) is 0. The van der Waals surface area contributed by atoms with E-state index in [0.29, 0.717) is 11.6 Å². The number of esters is 1. The molecule has 0 radical (unpaired) electrons. The van der Waals surface area contributed by atoms with Crippen molar-refractivity contribution in [3.63, 3.8) is 0 Å². The largest absolute Gasteiger partial charge is 0.459 e. The van der Waals surface area contributed by atoms with Crippen LogP contribution in [0, 0.1) is 11.3 Å². The molecule has 1 aromatic carbocycles. The Morgan fingerprint density at radius 2 is 1.91 bits per heavy atom. The summed E-state index contributed by atoms with van der Waals surface area (Å²) in [6, 6.07) is 14.9. The van der Waals surface area contributed by atoms with Gasteiger partial charge in [0.1, 0.15) is 12.4 Å². The lowest BCUT2D eigenvalue weighted by molar-refractivity contribution is -0.147. The summed E-state index contributed by atoms with van der Waals surface area (Å²) >= 11 is 0. The van der Waals surface area contributed by atoms with E-state index in [2.05, 4.69) is 18.8 Å². The molecule has 1 aliphatic rings. The lowest BCUT2D eigenvalue weighted by Crippen LogP contribution is -2.11. The molecule has 1 heterocycles. The molecule has 1 saturated carbocycles. The molecule has 1 fully saturated rings. The fourth-order valence-electron chi connectivity index (χ4n) is 2.32. The zero-order valence-electron chi connectivity index (χ0n) is 12.8. The van der Waals surface area contributed by atoms with E-state index in [9.17, 15) is 4.79 Å². The average Bonchev–Trinajstić information content (AvgIpc) is 3.15. The van der Waals surface area contributed by atoms with Crippen LogP contribution in [0.15, 0.2) is 48.5 Å². The van der Waals surface area contributed by atoms with Gasteiger partial charge in [-0.25, -0.2) is 4.98 Å². The molecule has 2 aromatic rings. The molecule has 0 bridgehead atoms. The first-order valence-electron chi connectivity index (χ1n) is 7.40. The summed E-state index contributed by atoms with van der Waals surface area (Å²) in [7, 11) is 0. The summed E-state index contributed by atoms with van der Waals surface area (Å²) in [4.78, 5) is 16.2. The van der Waals surface area contributed by atoms with E-state index in [1.54, 1.807) is 6.07 Å². The topological polar surface area (TPSA) is 48.4 Å². The van der Waals surface area contributed by atoms with Gasteiger partial charge in [-0.2, -0.15) is 0 Å². The Morgan fingerprint density at radius 3 is 2.59 bits per heavy atom. The molecule has 0 spiro atoms. The number of hydrogen-bond donors (Lipinski definition) is 0. The predicted octanol–water partition coefficient (Wildman–Crippen LogP) is 3.96. The number of para-hydroxylation sites is 1. The molecule has 22 heavy (non-hydrogen) atoms. The van der Waals surface area contributed by atoms with Crippen LogP contribution in [0.25, 0.3) is 0 Å². The molecule has 3 rings (SSSR count). The Hall–Kier alpha value is -2.36. The maximum Gasteiger partial charge on any atom is 0.309 e. The number of carbonyl (C=O) groups is 1. The number of rotatable bonds is 5. The van der Waals surface area contributed by atoms with Crippen LogP contribution in [0.2, 0.25) is 0 Å². The maximum absolute atomic E-state index is 11.9. The fourth-order valence-corrected chi connectivity index (χ4v) is 2.32. The first kappa shape index (κ1) is 14.6. The van der Waals surface area contributed by atoms with Gasteiger partial charge in [0.05, 0.1) is 11.6 Å². The highest BCUT2D eigenvalue weighted by Crippen LogP contribution is 2.52. The van der Waals surface area contributed by atoms with Crippen LogP contribution in [0.3, 0.4) is 0 Å². The van der Waals surface area contributed by atoms with E-state index in [0.717, 1.165) is 12.2 Å². The van der Waals surface area contributed by atoms with Crippen LogP contribution >= 0.6 is 0 Å². The van der Waals surface area contributed by atoms with E-state index in [4.69, 9.17) is 9.47 Å². The van der Waals surface area contributed by atoms with Gasteiger partial charge in [-0.05, 0) is 30.0 Å². The standard InChI is InChI=1S/C18H19NO3/c1-18(2)11-15(18)17(20)21-12-13-7-6-10-16(19-13)22-14-8-4-3-5-9-14/h3-10,15H,11-12H2,1-2H3. The van der Waals surface area contributed by atoms with Gasteiger partial charge in [0.15, 0.2) is 0 Å². The van der Waals surface area contributed by atoms with Gasteiger partial charge < -0.3 is 9.47 Å². The molecule has 0 aliphatic heterocycles. The Morgan fingerprint density at radius 1 is 1.18 bits per heavy atom. The molecule has 0 amide bonds. The van der Waals surface area contributed by atoms with E-state index < -0.39 is 0 Å². The van der Waals surface area contributed by atoms with Crippen LogP contribution in [-0.2, 0) is 16.1 Å². The summed E-state index contributed by atoms with van der Waals surface area (Å²) in [5.41, 5.74) is 0.767. The Bertz CT molecular complexity index is 667. The van der Waals surface area contributed by atoms with Crippen molar-refractivity contribution in [2.75, 3.05) is 0 Å². The van der Waals surface area contributed by atoms with Crippen molar-refractivity contribution < 1.29 is 14.3 Å². The van der Waals surface area contributed by atoms with Gasteiger partial charge in [0.25, 0.3) is 0 Å². The summed E-state index contributed by atoms with van der Waals surface area (Å²) in [6.07, 6.45) is 0.899. The normalized spacial score (nSPS) is 18.5. The highest BCUT2D eigenvalue weighted by Gasteiger charge is 2.51. The predicted molar refractivity (Wildman–Crippen MR) is 82.4 cm³/mol. The Labute approximate surface area is 130 Å². The van der Waals surface area contributed by atoms with Gasteiger partial charge in [-0.15, -0.1) is 0 Å². The minimum Gasteiger partial charge on any atom is -0.459 e. The van der Waals surface area contributed by atoms with Crippen molar-refractivity contribution >= 4 is 5.97 Å². The molecule has 1 unspecified atom stereocenters. The van der Waals surface area contributed by atoms with E-state index in [-0.39, 0.29) is 23.9 Å². The smallest absolute Gasteiger partial charge is 0.309 e. The van der Waals surface area contributed by atoms with Crippen LogP contribution in [0.5, 0.6) is 11.6 Å². The van der Waals surface area contributed by atoms with Crippen molar-refractivity contribution in [3.05, 3.63) is 54.2 Å². The van der Waals surface area contributed by atoms with E-state index in [1.165, 1.54) is 0 Å². The Balaban J connectivity index is 1.58. The molecule has 4 nitrogen and oxygen atoms in total. The van der Waals surface area contributed by atoms with Crippen molar-refractivity contribution in [2.24, 2.45) is 11.3 Å². The highest BCUT2D eigenvalue weighted by molar-refractivity contribution is 5.76. The number of pyridine rings is 1. The van der Waals surface area contributed by atoms with Crippen molar-refractivity contribution in [1.29, 1.82) is 0 Å². The van der Waals surface area contributed by atoms with Crippen LogP contribution in [-0.4, -0.2) is 11.0 Å². The molecule has 4 heteroatoms. The van der Waals surface area contributed by atoms with E-state index >= 15 is 0 Å². The molecular formula is C18H19NO3. The van der Waals surface area contributed by atoms with Crippen molar-refractivity contribution in [3.8, 4) is 11.6 Å². The Kier molecular flexibility index (Phi) is 3.84. The second kappa shape index (κ2) is 5.79. The lowest BCUT2D eigenvalue weighted by Gasteiger charge is -2.08. The van der Waals surface area contributed by atoms with E-state index in [1.807, 2.05) is 42.5 Å². The van der Waals surface area contributed by atoms with Crippen molar-refractivity contribution in [1.82, 2.24) is 4.98 Å².